The first-order valence-electron chi connectivity index (χ1n) is 14.4. The van der Waals surface area contributed by atoms with E-state index < -0.39 is 11.8 Å². The third kappa shape index (κ3) is 8.09. The Morgan fingerprint density at radius 1 is 0.617 bits per heavy atom. The number of ether oxygens (including phenoxy) is 4. The molecule has 2 aromatic rings. The molecule has 0 saturated carbocycles. The highest BCUT2D eigenvalue weighted by Crippen LogP contribution is 2.38. The molecule has 0 bridgehead atoms. The number of nitrogens with one attached hydrogen (secondary N) is 3. The summed E-state index contributed by atoms with van der Waals surface area (Å²) in [5.74, 6) is 0.605. The highest BCUT2D eigenvalue weighted by molar-refractivity contribution is 8.23. The number of amides is 4. The summed E-state index contributed by atoms with van der Waals surface area (Å²) in [6.45, 7) is 2.37. The Labute approximate surface area is 291 Å². The molecule has 252 valence electrons. The van der Waals surface area contributed by atoms with Crippen molar-refractivity contribution in [1.29, 1.82) is 0 Å². The number of benzene rings is 2. The second-order valence-corrected chi connectivity index (χ2v) is 13.3. The third-order valence-electron chi connectivity index (χ3n) is 7.18. The number of carbonyl (C=O) groups excluding carboxylic acids is 4. The summed E-state index contributed by atoms with van der Waals surface area (Å²) in [4.78, 5) is 55.1. The van der Waals surface area contributed by atoms with Crippen LogP contribution in [0.4, 0.5) is 0 Å². The summed E-state index contributed by atoms with van der Waals surface area (Å²) in [6, 6.07) is 6.10. The van der Waals surface area contributed by atoms with Crippen LogP contribution in [0.5, 0.6) is 23.0 Å². The normalized spacial score (nSPS) is 14.2. The first kappa shape index (κ1) is 36.2. The molecule has 4 amide bonds. The van der Waals surface area contributed by atoms with Crippen LogP contribution in [0.2, 0.25) is 0 Å². The molecule has 2 heterocycles. The molecular formula is C30H35N5O8S4. The topological polar surface area (TPSA) is 148 Å². The highest BCUT2D eigenvalue weighted by Gasteiger charge is 2.32. The molecule has 0 spiro atoms. The van der Waals surface area contributed by atoms with Crippen molar-refractivity contribution in [1.82, 2.24) is 25.8 Å². The number of hydrogen-bond acceptors (Lipinski definition) is 13. The second-order valence-electron chi connectivity index (χ2n) is 9.86. The van der Waals surface area contributed by atoms with Gasteiger partial charge < -0.3 is 34.9 Å². The predicted molar refractivity (Wildman–Crippen MR) is 189 cm³/mol. The lowest BCUT2D eigenvalue weighted by atomic mass is 10.1. The number of nitrogens with zero attached hydrogens (tertiary/aromatic N) is 2. The van der Waals surface area contributed by atoms with Gasteiger partial charge in [0, 0.05) is 50.8 Å². The Hall–Kier alpha value is -3.64. The molecule has 0 atom stereocenters. The van der Waals surface area contributed by atoms with E-state index in [0.29, 0.717) is 34.8 Å². The first-order chi connectivity index (χ1) is 22.7. The van der Waals surface area contributed by atoms with Crippen LogP contribution in [0.3, 0.4) is 0 Å². The van der Waals surface area contributed by atoms with E-state index in [2.05, 4.69) is 16.0 Å². The van der Waals surface area contributed by atoms with Crippen molar-refractivity contribution in [2.24, 2.45) is 0 Å². The number of methoxy groups -OCH3 is 4. The van der Waals surface area contributed by atoms with Crippen molar-refractivity contribution in [3.8, 4) is 23.0 Å². The number of hydrogen-bond donors (Lipinski definition) is 3. The van der Waals surface area contributed by atoms with E-state index in [-0.39, 0.29) is 70.2 Å². The summed E-state index contributed by atoms with van der Waals surface area (Å²) in [5, 5.41) is 8.77. The van der Waals surface area contributed by atoms with E-state index in [4.69, 9.17) is 43.4 Å². The van der Waals surface area contributed by atoms with Gasteiger partial charge in [0.1, 0.15) is 8.64 Å². The Morgan fingerprint density at radius 2 is 0.957 bits per heavy atom. The van der Waals surface area contributed by atoms with Crippen LogP contribution in [0.1, 0.15) is 41.4 Å². The third-order valence-corrected chi connectivity index (χ3v) is 10.0. The molecule has 2 aliphatic rings. The van der Waals surface area contributed by atoms with E-state index in [0.717, 1.165) is 11.5 Å². The average molecular weight is 722 g/mol. The lowest BCUT2D eigenvalue weighted by Crippen LogP contribution is -2.36. The van der Waals surface area contributed by atoms with E-state index in [1.54, 1.807) is 0 Å². The van der Waals surface area contributed by atoms with Gasteiger partial charge in [-0.25, -0.2) is 0 Å². The van der Waals surface area contributed by atoms with Gasteiger partial charge in [-0.2, -0.15) is 0 Å². The Morgan fingerprint density at radius 3 is 1.28 bits per heavy atom. The van der Waals surface area contributed by atoms with Gasteiger partial charge in [0.15, 0.2) is 23.0 Å². The molecular weight excluding hydrogens is 687 g/mol. The lowest BCUT2D eigenvalue weighted by Gasteiger charge is -2.20. The molecule has 4 rings (SSSR count). The van der Waals surface area contributed by atoms with Gasteiger partial charge in [-0.05, 0) is 24.3 Å². The number of thioether (sulfide) groups is 2. The molecule has 2 fully saturated rings. The lowest BCUT2D eigenvalue weighted by molar-refractivity contribution is 0.0849. The van der Waals surface area contributed by atoms with Crippen LogP contribution in [-0.2, 0) is 0 Å². The molecule has 0 unspecified atom stereocenters. The monoisotopic (exact) mass is 721 g/mol. The fourth-order valence-corrected chi connectivity index (χ4v) is 7.33. The van der Waals surface area contributed by atoms with Crippen LogP contribution in [0.15, 0.2) is 24.3 Å². The molecule has 2 aromatic carbocycles. The van der Waals surface area contributed by atoms with Crippen LogP contribution in [0, 0.1) is 0 Å². The van der Waals surface area contributed by atoms with E-state index in [9.17, 15) is 19.2 Å². The zero-order valence-corrected chi connectivity index (χ0v) is 29.5. The molecule has 2 saturated heterocycles. The molecule has 13 nitrogen and oxygen atoms in total. The smallest absolute Gasteiger partial charge is 0.263 e. The van der Waals surface area contributed by atoms with E-state index in [1.165, 1.54) is 86.0 Å². The zero-order valence-electron chi connectivity index (χ0n) is 26.3. The largest absolute Gasteiger partial charge is 0.492 e. The fraction of sp³-hybridized carbons (Fsp3) is 0.400. The van der Waals surface area contributed by atoms with Gasteiger partial charge in [0.25, 0.3) is 23.6 Å². The quantitative estimate of drug-likeness (QED) is 0.194. The summed E-state index contributed by atoms with van der Waals surface area (Å²) in [6.07, 6.45) is 0. The van der Waals surface area contributed by atoms with Gasteiger partial charge in [0.2, 0.25) is 0 Å². The van der Waals surface area contributed by atoms with Crippen molar-refractivity contribution < 1.29 is 38.1 Å². The molecule has 2 aliphatic heterocycles. The average Bonchev–Trinajstić information content (AvgIpc) is 3.72. The molecule has 0 radical (unpaired) electrons. The number of carbonyl (C=O) groups is 4. The van der Waals surface area contributed by atoms with Crippen LogP contribution in [0.25, 0.3) is 0 Å². The minimum Gasteiger partial charge on any atom is -0.492 e. The Balaban J connectivity index is 1.28. The van der Waals surface area contributed by atoms with Crippen molar-refractivity contribution in [3.05, 3.63) is 46.5 Å². The molecule has 0 aromatic heterocycles. The van der Waals surface area contributed by atoms with Crippen LogP contribution in [-0.4, -0.2) is 121 Å². The maximum atomic E-state index is 13.1. The van der Waals surface area contributed by atoms with E-state index in [1.807, 2.05) is 0 Å². The summed E-state index contributed by atoms with van der Waals surface area (Å²) >= 11 is 13.4. The Bertz CT molecular complexity index is 1460. The standard InChI is InChI=1S/C30H35N5O8S4/c1-40-21-17(5-7-19(23(21)42-3)27(38)34-13-15-46-29(34)44)25(36)32-11-9-31-10-12-33-26(37)18-6-8-20(24(43-4)22(18)41-2)28(39)35-14-16-47-30(35)45/h5-8,31H,9-16H2,1-4H3,(H,32,36)(H,33,37). The fourth-order valence-electron chi connectivity index (χ4n) is 4.92. The van der Waals surface area contributed by atoms with Gasteiger partial charge in [-0.1, -0.05) is 48.0 Å². The van der Waals surface area contributed by atoms with Gasteiger partial charge in [-0.3, -0.25) is 29.0 Å². The minimum atomic E-state index is -0.408. The molecule has 0 aliphatic carbocycles. The number of thiocarbonyl (C=S) groups is 2. The van der Waals surface area contributed by atoms with Crippen molar-refractivity contribution >= 4 is 80.2 Å². The maximum absolute atomic E-state index is 13.1. The van der Waals surface area contributed by atoms with Crippen molar-refractivity contribution in [2.45, 2.75) is 0 Å². The number of rotatable bonds is 14. The van der Waals surface area contributed by atoms with Crippen LogP contribution >= 0.6 is 48.0 Å². The minimum absolute atomic E-state index is 0.146. The molecule has 17 heteroatoms. The second kappa shape index (κ2) is 17.0. The predicted octanol–water partition coefficient (Wildman–Crippen LogP) is 2.42. The van der Waals surface area contributed by atoms with Gasteiger partial charge in [-0.15, -0.1) is 0 Å². The molecule has 3 N–H and O–H groups in total. The highest BCUT2D eigenvalue weighted by atomic mass is 32.2. The summed E-state index contributed by atoms with van der Waals surface area (Å²) < 4.78 is 22.9. The van der Waals surface area contributed by atoms with E-state index >= 15 is 0 Å². The maximum Gasteiger partial charge on any atom is 0.263 e. The van der Waals surface area contributed by atoms with Crippen molar-refractivity contribution in [2.75, 3.05) is 79.2 Å². The summed E-state index contributed by atoms with van der Waals surface area (Å²) in [5.41, 5.74) is 0.929. The van der Waals surface area contributed by atoms with Gasteiger partial charge >= 0.3 is 0 Å². The van der Waals surface area contributed by atoms with Crippen molar-refractivity contribution in [3.63, 3.8) is 0 Å². The zero-order chi connectivity index (χ0) is 34.1. The SMILES string of the molecule is COc1c(C(=O)NCCNCCNC(=O)c2ccc(C(=O)N3CCSC3=S)c(OC)c2OC)ccc(C(=O)N2CCSC2=S)c1OC. The van der Waals surface area contributed by atoms with Gasteiger partial charge in [0.05, 0.1) is 50.7 Å². The van der Waals surface area contributed by atoms with Crippen LogP contribution < -0.4 is 34.9 Å². The summed E-state index contributed by atoms with van der Waals surface area (Å²) in [7, 11) is 5.61. The Kier molecular flexibility index (Phi) is 13.1. The molecule has 47 heavy (non-hydrogen) atoms. The first-order valence-corrected chi connectivity index (χ1v) is 17.2.